The second kappa shape index (κ2) is 8.10. The van der Waals surface area contributed by atoms with E-state index in [1.54, 1.807) is 7.05 Å². The van der Waals surface area contributed by atoms with Crippen LogP contribution < -0.4 is 5.32 Å². The summed E-state index contributed by atoms with van der Waals surface area (Å²) in [4.78, 5) is 13.6. The minimum absolute atomic E-state index is 0.00899. The predicted molar refractivity (Wildman–Crippen MR) is 115 cm³/mol. The molecule has 0 radical (unpaired) electrons. The van der Waals surface area contributed by atoms with Gasteiger partial charge in [0.2, 0.25) is 10.0 Å². The van der Waals surface area contributed by atoms with Crippen molar-refractivity contribution in [2.45, 2.75) is 30.9 Å². The number of aryl methyl sites for hydroxylation is 1. The number of amides is 1. The zero-order valence-electron chi connectivity index (χ0n) is 17.0. The summed E-state index contributed by atoms with van der Waals surface area (Å²) in [6.45, 7) is 4.46. The highest BCUT2D eigenvalue weighted by Crippen LogP contribution is 2.39. The zero-order valence-corrected chi connectivity index (χ0v) is 18.7. The Bertz CT molecular complexity index is 1180. The lowest BCUT2D eigenvalue weighted by Gasteiger charge is -2.32. The second-order valence-electron chi connectivity index (χ2n) is 7.54. The summed E-state index contributed by atoms with van der Waals surface area (Å²) >= 11 is 1.40. The Morgan fingerprint density at radius 3 is 2.80 bits per heavy atom. The van der Waals surface area contributed by atoms with Gasteiger partial charge in [0.05, 0.1) is 23.8 Å². The second-order valence-corrected chi connectivity index (χ2v) is 10.5. The van der Waals surface area contributed by atoms with E-state index in [1.807, 2.05) is 38.1 Å². The van der Waals surface area contributed by atoms with Crippen molar-refractivity contribution < 1.29 is 17.9 Å². The molecule has 1 atom stereocenters. The molecule has 1 N–H and O–H groups in total. The van der Waals surface area contributed by atoms with Gasteiger partial charge in [-0.25, -0.2) is 8.42 Å². The van der Waals surface area contributed by atoms with E-state index in [9.17, 15) is 13.2 Å². The van der Waals surface area contributed by atoms with Crippen LogP contribution in [0.15, 0.2) is 41.6 Å². The molecule has 1 saturated heterocycles. The number of hydrogen-bond acceptors (Lipinski definition) is 6. The van der Waals surface area contributed by atoms with Gasteiger partial charge in [-0.3, -0.25) is 9.48 Å². The molecule has 1 fully saturated rings. The average Bonchev–Trinajstić information content (AvgIpc) is 3.32. The number of sulfonamides is 1. The summed E-state index contributed by atoms with van der Waals surface area (Å²) in [5.74, 6) is -0.169. The minimum atomic E-state index is -3.70. The quantitative estimate of drug-likeness (QED) is 0.647. The third-order valence-electron chi connectivity index (χ3n) is 4.93. The maximum absolute atomic E-state index is 13.1. The Balaban J connectivity index is 1.72. The molecule has 0 bridgehead atoms. The van der Waals surface area contributed by atoms with E-state index in [0.717, 1.165) is 15.6 Å². The molecular weight excluding hydrogens is 424 g/mol. The fourth-order valence-electron chi connectivity index (χ4n) is 3.58. The van der Waals surface area contributed by atoms with Gasteiger partial charge in [-0.05, 0) is 25.3 Å². The van der Waals surface area contributed by atoms with Crippen LogP contribution in [-0.4, -0.2) is 54.1 Å². The van der Waals surface area contributed by atoms with Crippen molar-refractivity contribution in [1.29, 1.82) is 0 Å². The van der Waals surface area contributed by atoms with E-state index >= 15 is 0 Å². The summed E-state index contributed by atoms with van der Waals surface area (Å²) in [7, 11) is -2.02. The average molecular weight is 449 g/mol. The highest BCUT2D eigenvalue weighted by atomic mass is 32.2. The van der Waals surface area contributed by atoms with Crippen LogP contribution >= 0.6 is 11.3 Å². The molecule has 0 spiro atoms. The van der Waals surface area contributed by atoms with Gasteiger partial charge in [-0.1, -0.05) is 18.2 Å². The van der Waals surface area contributed by atoms with Gasteiger partial charge in [0.15, 0.2) is 0 Å². The van der Waals surface area contributed by atoms with Gasteiger partial charge in [-0.15, -0.1) is 11.3 Å². The van der Waals surface area contributed by atoms with Crippen molar-refractivity contribution in [3.63, 3.8) is 0 Å². The normalized spacial score (nSPS) is 18.2. The zero-order chi connectivity index (χ0) is 21.5. The molecule has 0 saturated carbocycles. The first-order valence-electron chi connectivity index (χ1n) is 9.70. The number of fused-ring (bicyclic) bond motifs is 1. The molecule has 1 amide bonds. The van der Waals surface area contributed by atoms with Crippen molar-refractivity contribution >= 4 is 37.4 Å². The molecule has 8 nitrogen and oxygen atoms in total. The van der Waals surface area contributed by atoms with Gasteiger partial charge < -0.3 is 10.1 Å². The SMILES string of the molecule is CC(C)NC(=O)c1sc2ccccc2c1[C@@H]1CN(S(=O)(=O)c2cnn(C)c2)CCO1. The fraction of sp³-hybridized carbons (Fsp3) is 0.400. The van der Waals surface area contributed by atoms with E-state index in [1.165, 1.54) is 32.7 Å². The van der Waals surface area contributed by atoms with Crippen molar-refractivity contribution in [2.24, 2.45) is 7.05 Å². The maximum atomic E-state index is 13.1. The van der Waals surface area contributed by atoms with Gasteiger partial charge in [0.1, 0.15) is 4.90 Å². The van der Waals surface area contributed by atoms with Gasteiger partial charge >= 0.3 is 0 Å². The van der Waals surface area contributed by atoms with Crippen LogP contribution in [0.2, 0.25) is 0 Å². The number of hydrogen-bond donors (Lipinski definition) is 1. The topological polar surface area (TPSA) is 93.5 Å². The van der Waals surface area contributed by atoms with Gasteiger partial charge in [0, 0.05) is 42.6 Å². The summed E-state index contributed by atoms with van der Waals surface area (Å²) in [6.07, 6.45) is 2.30. The molecule has 1 aliphatic rings. The first-order chi connectivity index (χ1) is 14.3. The summed E-state index contributed by atoms with van der Waals surface area (Å²) < 4.78 is 36.0. The number of thiophene rings is 1. The molecule has 2 aromatic heterocycles. The highest BCUT2D eigenvalue weighted by Gasteiger charge is 2.35. The number of morpholine rings is 1. The van der Waals surface area contributed by atoms with Crippen molar-refractivity contribution in [2.75, 3.05) is 19.7 Å². The lowest BCUT2D eigenvalue weighted by molar-refractivity contribution is -0.00193. The van der Waals surface area contributed by atoms with Crippen molar-refractivity contribution in [1.82, 2.24) is 19.4 Å². The number of rotatable bonds is 5. The van der Waals surface area contributed by atoms with E-state index in [2.05, 4.69) is 10.4 Å². The first kappa shape index (κ1) is 21.0. The Morgan fingerprint density at radius 1 is 1.33 bits per heavy atom. The maximum Gasteiger partial charge on any atom is 0.261 e. The van der Waals surface area contributed by atoms with Gasteiger partial charge in [0.25, 0.3) is 5.91 Å². The molecule has 1 aliphatic heterocycles. The lowest BCUT2D eigenvalue weighted by Crippen LogP contribution is -2.42. The lowest BCUT2D eigenvalue weighted by atomic mass is 10.0. The Kier molecular flexibility index (Phi) is 5.67. The predicted octanol–water partition coefficient (Wildman–Crippen LogP) is 2.54. The molecule has 30 heavy (non-hydrogen) atoms. The Morgan fingerprint density at radius 2 is 2.10 bits per heavy atom. The number of ether oxygens (including phenoxy) is 1. The number of carbonyl (C=O) groups is 1. The van der Waals surface area contributed by atoms with Crippen LogP contribution in [-0.2, 0) is 21.8 Å². The van der Waals surface area contributed by atoms with Crippen LogP contribution in [0, 0.1) is 0 Å². The molecule has 3 aromatic rings. The highest BCUT2D eigenvalue weighted by molar-refractivity contribution is 7.89. The Hall–Kier alpha value is -2.27. The first-order valence-corrected chi connectivity index (χ1v) is 12.0. The molecular formula is C20H24N4O4S2. The van der Waals surface area contributed by atoms with E-state index < -0.39 is 16.1 Å². The van der Waals surface area contributed by atoms with Crippen molar-refractivity contribution in [3.05, 3.63) is 47.1 Å². The number of nitrogens with zero attached hydrogens (tertiary/aromatic N) is 3. The number of carbonyl (C=O) groups excluding carboxylic acids is 1. The standard InChI is InChI=1S/C20H24N4O4S2/c1-13(2)22-20(25)19-18(15-6-4-5-7-17(15)29-19)16-12-24(8-9-28-16)30(26,27)14-10-21-23(3)11-14/h4-7,10-11,13,16H,8-9,12H2,1-3H3,(H,22,25)/t16-/m0/s1. The molecule has 0 aliphatic carbocycles. The third-order valence-corrected chi connectivity index (χ3v) is 7.93. The smallest absolute Gasteiger partial charge is 0.261 e. The van der Waals surface area contributed by atoms with Crippen LogP contribution in [0.1, 0.15) is 35.2 Å². The minimum Gasteiger partial charge on any atom is -0.371 e. The van der Waals surface area contributed by atoms with Crippen molar-refractivity contribution in [3.8, 4) is 0 Å². The number of aromatic nitrogens is 2. The molecule has 1 aromatic carbocycles. The monoisotopic (exact) mass is 448 g/mol. The van der Waals surface area contributed by atoms with Crippen LogP contribution in [0.3, 0.4) is 0 Å². The third kappa shape index (κ3) is 3.87. The van der Waals surface area contributed by atoms with E-state index in [-0.39, 0.29) is 36.5 Å². The molecule has 10 heteroatoms. The molecule has 0 unspecified atom stereocenters. The molecule has 160 valence electrons. The summed E-state index contributed by atoms with van der Waals surface area (Å²) in [6, 6.07) is 7.74. The van der Waals surface area contributed by atoms with E-state index in [4.69, 9.17) is 4.74 Å². The summed E-state index contributed by atoms with van der Waals surface area (Å²) in [5.41, 5.74) is 0.750. The van der Waals surface area contributed by atoms with Gasteiger partial charge in [-0.2, -0.15) is 9.40 Å². The number of nitrogens with one attached hydrogen (secondary N) is 1. The molecule has 4 rings (SSSR count). The van der Waals surface area contributed by atoms with Crippen LogP contribution in [0.25, 0.3) is 10.1 Å². The summed E-state index contributed by atoms with van der Waals surface area (Å²) in [5, 5.41) is 7.84. The van der Waals surface area contributed by atoms with Crippen LogP contribution in [0.5, 0.6) is 0 Å². The molecule has 3 heterocycles. The van der Waals surface area contributed by atoms with E-state index in [0.29, 0.717) is 4.88 Å². The Labute approximate surface area is 179 Å². The van der Waals surface area contributed by atoms with Crippen LogP contribution in [0.4, 0.5) is 0 Å². The fourth-order valence-corrected chi connectivity index (χ4v) is 6.15. The largest absolute Gasteiger partial charge is 0.371 e. The number of benzene rings is 1.